The van der Waals surface area contributed by atoms with Gasteiger partial charge in [0.2, 0.25) is 0 Å². The zero-order chi connectivity index (χ0) is 13.2. The second kappa shape index (κ2) is 4.68. The van der Waals surface area contributed by atoms with E-state index in [1.54, 1.807) is 12.1 Å². The van der Waals surface area contributed by atoms with Crippen molar-refractivity contribution in [3.05, 3.63) is 58.7 Å². The van der Waals surface area contributed by atoms with Gasteiger partial charge in [0.05, 0.1) is 10.2 Å². The largest absolute Gasteiger partial charge is 0.236 e. The first-order valence-corrected chi connectivity index (χ1v) is 6.30. The van der Waals surface area contributed by atoms with Crippen LogP contribution in [0.3, 0.4) is 0 Å². The Kier molecular flexibility index (Phi) is 2.87. The molecule has 0 saturated carbocycles. The number of rotatable bonds is 2. The van der Waals surface area contributed by atoms with Crippen molar-refractivity contribution in [3.8, 4) is 10.6 Å². The molecule has 1 aromatic heterocycles. The summed E-state index contributed by atoms with van der Waals surface area (Å²) in [7, 11) is 0. The Labute approximate surface area is 111 Å². The quantitative estimate of drug-likeness (QED) is 0.365. The maximum Gasteiger partial charge on any atom is 0.133 e. The average Bonchev–Trinajstić information content (AvgIpc) is 2.82. The Morgan fingerprint density at radius 1 is 1.21 bits per heavy atom. The molecule has 0 atom stereocenters. The summed E-state index contributed by atoms with van der Waals surface area (Å²) in [6, 6.07) is 12.0. The lowest BCUT2D eigenvalue weighted by Crippen LogP contribution is -1.82. The highest BCUT2D eigenvalue weighted by Crippen LogP contribution is 2.32. The molecule has 6 heteroatoms. The van der Waals surface area contributed by atoms with Gasteiger partial charge in [-0.2, -0.15) is 0 Å². The van der Waals surface area contributed by atoms with Crippen molar-refractivity contribution in [1.29, 1.82) is 0 Å². The van der Waals surface area contributed by atoms with Crippen molar-refractivity contribution in [2.45, 2.75) is 0 Å². The average molecular weight is 270 g/mol. The molecule has 0 aliphatic heterocycles. The lowest BCUT2D eigenvalue weighted by Gasteiger charge is -1.99. The highest BCUT2D eigenvalue weighted by molar-refractivity contribution is 7.21. The van der Waals surface area contributed by atoms with Gasteiger partial charge in [-0.15, -0.1) is 11.3 Å². The Morgan fingerprint density at radius 2 is 2.05 bits per heavy atom. The summed E-state index contributed by atoms with van der Waals surface area (Å²) in [5, 5.41) is 3.99. The first kappa shape index (κ1) is 11.6. The predicted molar refractivity (Wildman–Crippen MR) is 73.8 cm³/mol. The van der Waals surface area contributed by atoms with E-state index in [-0.39, 0.29) is 5.69 Å². The molecule has 0 spiro atoms. The first-order chi connectivity index (χ1) is 9.28. The van der Waals surface area contributed by atoms with Crippen molar-refractivity contribution in [2.24, 2.45) is 5.11 Å². The number of aromatic nitrogens is 1. The molecule has 2 aromatic carbocycles. The number of para-hydroxylation sites is 1. The second-order valence-electron chi connectivity index (χ2n) is 3.84. The number of halogens is 1. The molecule has 0 saturated heterocycles. The fraction of sp³-hybridized carbons (Fsp3) is 0. The van der Waals surface area contributed by atoms with Gasteiger partial charge in [0.25, 0.3) is 0 Å². The molecule has 0 unspecified atom stereocenters. The topological polar surface area (TPSA) is 61.7 Å². The number of fused-ring (bicyclic) bond motifs is 1. The molecule has 0 N–H and O–H groups in total. The predicted octanol–water partition coefficient (Wildman–Crippen LogP) is 5.04. The minimum Gasteiger partial charge on any atom is -0.236 e. The van der Waals surface area contributed by atoms with E-state index in [0.29, 0.717) is 10.6 Å². The number of hydrogen-bond donors (Lipinski definition) is 0. The van der Waals surface area contributed by atoms with Crippen LogP contribution in [-0.4, -0.2) is 4.98 Å². The van der Waals surface area contributed by atoms with Gasteiger partial charge < -0.3 is 0 Å². The van der Waals surface area contributed by atoms with E-state index in [1.165, 1.54) is 17.4 Å². The number of thiazole rings is 1. The molecule has 3 aromatic rings. The van der Waals surface area contributed by atoms with Crippen LogP contribution >= 0.6 is 11.3 Å². The molecule has 1 heterocycles. The summed E-state index contributed by atoms with van der Waals surface area (Å²) >= 11 is 1.43. The van der Waals surface area contributed by atoms with Crippen LogP contribution in [0.1, 0.15) is 0 Å². The standard InChI is InChI=1S/C13H7FN4S/c14-10-7-8(17-18-15)5-6-9(10)13-16-11-3-1-2-4-12(11)19-13/h1-7H. The Bertz CT molecular complexity index is 772. The Morgan fingerprint density at radius 3 is 2.79 bits per heavy atom. The van der Waals surface area contributed by atoms with Gasteiger partial charge in [-0.3, -0.25) is 0 Å². The van der Waals surface area contributed by atoms with Crippen molar-refractivity contribution in [1.82, 2.24) is 4.98 Å². The molecular formula is C13H7FN4S. The monoisotopic (exact) mass is 270 g/mol. The summed E-state index contributed by atoms with van der Waals surface area (Å²) in [5.74, 6) is -0.441. The van der Waals surface area contributed by atoms with Crippen molar-refractivity contribution < 1.29 is 4.39 Å². The van der Waals surface area contributed by atoms with Crippen LogP contribution in [0.5, 0.6) is 0 Å². The van der Waals surface area contributed by atoms with Gasteiger partial charge in [0.15, 0.2) is 0 Å². The van der Waals surface area contributed by atoms with Crippen LogP contribution in [-0.2, 0) is 0 Å². The van der Waals surface area contributed by atoms with Crippen LogP contribution in [0.15, 0.2) is 47.6 Å². The van der Waals surface area contributed by atoms with E-state index in [4.69, 9.17) is 5.53 Å². The minimum atomic E-state index is -0.441. The Hall–Kier alpha value is -2.43. The third kappa shape index (κ3) is 2.14. The zero-order valence-corrected chi connectivity index (χ0v) is 10.4. The van der Waals surface area contributed by atoms with Crippen LogP contribution in [0.25, 0.3) is 31.2 Å². The summed E-state index contributed by atoms with van der Waals surface area (Å²) in [6.45, 7) is 0. The molecule has 0 aliphatic carbocycles. The molecule has 19 heavy (non-hydrogen) atoms. The van der Waals surface area contributed by atoms with Gasteiger partial charge in [-0.05, 0) is 29.8 Å². The molecule has 0 bridgehead atoms. The molecule has 4 nitrogen and oxygen atoms in total. The van der Waals surface area contributed by atoms with Crippen LogP contribution in [0.4, 0.5) is 10.1 Å². The van der Waals surface area contributed by atoms with E-state index in [2.05, 4.69) is 15.0 Å². The molecule has 0 amide bonds. The highest BCUT2D eigenvalue weighted by atomic mass is 32.1. The summed E-state index contributed by atoms with van der Waals surface area (Å²) < 4.78 is 15.0. The van der Waals surface area contributed by atoms with Crippen LogP contribution in [0, 0.1) is 5.82 Å². The summed E-state index contributed by atoms with van der Waals surface area (Å²) in [4.78, 5) is 7.02. The van der Waals surface area contributed by atoms with Crippen LogP contribution in [0.2, 0.25) is 0 Å². The van der Waals surface area contributed by atoms with Crippen molar-refractivity contribution in [2.75, 3.05) is 0 Å². The smallest absolute Gasteiger partial charge is 0.133 e. The molecule has 92 valence electrons. The van der Waals surface area contributed by atoms with Crippen molar-refractivity contribution in [3.63, 3.8) is 0 Å². The van der Waals surface area contributed by atoms with Gasteiger partial charge in [0, 0.05) is 16.2 Å². The van der Waals surface area contributed by atoms with Crippen molar-refractivity contribution >= 4 is 27.2 Å². The maximum absolute atomic E-state index is 14.0. The number of nitrogens with zero attached hydrogens (tertiary/aromatic N) is 4. The zero-order valence-electron chi connectivity index (χ0n) is 9.62. The van der Waals surface area contributed by atoms with E-state index in [1.807, 2.05) is 24.3 Å². The highest BCUT2D eigenvalue weighted by Gasteiger charge is 2.10. The van der Waals surface area contributed by atoms with Gasteiger partial charge in [-0.1, -0.05) is 23.3 Å². The molecular weight excluding hydrogens is 263 g/mol. The summed E-state index contributed by atoms with van der Waals surface area (Å²) in [5.41, 5.74) is 9.84. The first-order valence-electron chi connectivity index (χ1n) is 5.48. The second-order valence-corrected chi connectivity index (χ2v) is 4.87. The number of benzene rings is 2. The molecule has 0 aliphatic rings. The van der Waals surface area contributed by atoms with Gasteiger partial charge >= 0.3 is 0 Å². The maximum atomic E-state index is 14.0. The number of hydrogen-bond acceptors (Lipinski definition) is 3. The molecule has 0 radical (unpaired) electrons. The molecule has 3 rings (SSSR count). The normalized spacial score (nSPS) is 10.4. The van der Waals surface area contributed by atoms with E-state index in [9.17, 15) is 4.39 Å². The fourth-order valence-electron chi connectivity index (χ4n) is 1.78. The summed E-state index contributed by atoms with van der Waals surface area (Å²) in [6.07, 6.45) is 0. The van der Waals surface area contributed by atoms with E-state index >= 15 is 0 Å². The van der Waals surface area contributed by atoms with E-state index < -0.39 is 5.82 Å². The third-order valence-electron chi connectivity index (χ3n) is 2.64. The Balaban J connectivity index is 2.13. The van der Waals surface area contributed by atoms with Gasteiger partial charge in [0.1, 0.15) is 10.8 Å². The lowest BCUT2D eigenvalue weighted by atomic mass is 10.2. The fourth-order valence-corrected chi connectivity index (χ4v) is 2.77. The lowest BCUT2D eigenvalue weighted by molar-refractivity contribution is 0.631. The SMILES string of the molecule is [N-]=[N+]=Nc1ccc(-c2nc3ccccc3s2)c(F)c1. The number of azide groups is 1. The minimum absolute atomic E-state index is 0.255. The third-order valence-corrected chi connectivity index (χ3v) is 3.71. The van der Waals surface area contributed by atoms with Gasteiger partial charge in [-0.25, -0.2) is 9.37 Å². The van der Waals surface area contributed by atoms with E-state index in [0.717, 1.165) is 10.2 Å². The molecule has 0 fully saturated rings. The van der Waals surface area contributed by atoms with Crippen LogP contribution < -0.4 is 0 Å².